The van der Waals surface area contributed by atoms with Crippen LogP contribution in [0.15, 0.2) is 41.4 Å². The van der Waals surface area contributed by atoms with E-state index in [1.165, 1.54) is 29.5 Å². The Morgan fingerprint density at radius 2 is 1.97 bits per heavy atom. The number of anilines is 1. The van der Waals surface area contributed by atoms with Gasteiger partial charge in [-0.3, -0.25) is 4.99 Å². The zero-order valence-corrected chi connectivity index (χ0v) is 17.1. The van der Waals surface area contributed by atoms with Crippen LogP contribution in [-0.2, 0) is 0 Å². The van der Waals surface area contributed by atoms with Crippen molar-refractivity contribution in [1.29, 1.82) is 5.26 Å². The largest absolute Gasteiger partial charge is 0.398 e. The van der Waals surface area contributed by atoms with Gasteiger partial charge < -0.3 is 10.8 Å². The maximum atomic E-state index is 14.9. The van der Waals surface area contributed by atoms with Crippen LogP contribution in [0.3, 0.4) is 0 Å². The summed E-state index contributed by atoms with van der Waals surface area (Å²) in [7, 11) is 0. The lowest BCUT2D eigenvalue weighted by atomic mass is 9.99. The molecule has 1 heterocycles. The molecule has 4 nitrogen and oxygen atoms in total. The van der Waals surface area contributed by atoms with E-state index in [1.807, 2.05) is 13.0 Å². The summed E-state index contributed by atoms with van der Waals surface area (Å²) >= 11 is 1.39. The molecule has 1 aromatic heterocycles. The van der Waals surface area contributed by atoms with Crippen LogP contribution >= 0.6 is 11.3 Å². The quantitative estimate of drug-likeness (QED) is 0.444. The molecule has 0 saturated heterocycles. The van der Waals surface area contributed by atoms with Crippen molar-refractivity contribution in [2.75, 3.05) is 12.3 Å². The van der Waals surface area contributed by atoms with Gasteiger partial charge >= 0.3 is 0 Å². The number of rotatable bonds is 5. The molecule has 0 unspecified atom stereocenters. The Balaban J connectivity index is 1.76. The second kappa shape index (κ2) is 7.63. The van der Waals surface area contributed by atoms with E-state index in [0.29, 0.717) is 27.1 Å². The molecule has 0 aliphatic heterocycles. The van der Waals surface area contributed by atoms with Gasteiger partial charge in [0.15, 0.2) is 0 Å². The van der Waals surface area contributed by atoms with Gasteiger partial charge in [-0.05, 0) is 55.7 Å². The molecule has 4 rings (SSSR count). The van der Waals surface area contributed by atoms with Gasteiger partial charge in [0.25, 0.3) is 0 Å². The third-order valence-electron chi connectivity index (χ3n) is 5.12. The number of aliphatic hydroxyl groups is 1. The number of hydrogen-bond donors (Lipinski definition) is 2. The molecule has 1 fully saturated rings. The van der Waals surface area contributed by atoms with Gasteiger partial charge in [0.05, 0.1) is 17.7 Å². The van der Waals surface area contributed by atoms with Crippen molar-refractivity contribution in [2.24, 2.45) is 4.99 Å². The van der Waals surface area contributed by atoms with Gasteiger partial charge in [0, 0.05) is 38.3 Å². The minimum Gasteiger partial charge on any atom is -0.398 e. The van der Waals surface area contributed by atoms with Gasteiger partial charge in [-0.2, -0.15) is 5.26 Å². The lowest BCUT2D eigenvalue weighted by Gasteiger charge is -2.10. The molecule has 0 spiro atoms. The third kappa shape index (κ3) is 3.97. The zero-order chi connectivity index (χ0) is 21.5. The van der Waals surface area contributed by atoms with E-state index in [1.54, 1.807) is 24.4 Å². The summed E-state index contributed by atoms with van der Waals surface area (Å²) in [5.74, 6) is -1.10. The van der Waals surface area contributed by atoms with Crippen LogP contribution in [0.25, 0.3) is 21.6 Å². The van der Waals surface area contributed by atoms with Crippen LogP contribution < -0.4 is 5.73 Å². The average Bonchev–Trinajstić information content (AvgIpc) is 3.30. The number of halogens is 2. The molecule has 152 valence electrons. The Labute approximate surface area is 176 Å². The third-order valence-corrected chi connectivity index (χ3v) is 6.20. The maximum Gasteiger partial charge on any atom is 0.141 e. The van der Waals surface area contributed by atoms with E-state index in [0.717, 1.165) is 17.7 Å². The summed E-state index contributed by atoms with van der Waals surface area (Å²) in [6.07, 6.45) is 3.01. The van der Waals surface area contributed by atoms with Crippen molar-refractivity contribution >= 4 is 23.2 Å². The van der Waals surface area contributed by atoms with Crippen molar-refractivity contribution in [3.8, 4) is 27.6 Å². The number of aliphatic imine (C=N–C) groups is 1. The van der Waals surface area contributed by atoms with E-state index in [9.17, 15) is 13.9 Å². The van der Waals surface area contributed by atoms with Crippen molar-refractivity contribution in [3.05, 3.63) is 64.0 Å². The van der Waals surface area contributed by atoms with Crippen LogP contribution in [0.1, 0.15) is 28.8 Å². The highest BCUT2D eigenvalue weighted by atomic mass is 32.1. The van der Waals surface area contributed by atoms with Crippen molar-refractivity contribution < 1.29 is 13.9 Å². The number of hydrogen-bond acceptors (Lipinski definition) is 5. The molecule has 0 atom stereocenters. The van der Waals surface area contributed by atoms with Crippen molar-refractivity contribution in [2.45, 2.75) is 25.4 Å². The molecule has 1 aliphatic rings. The van der Waals surface area contributed by atoms with E-state index < -0.39 is 17.2 Å². The van der Waals surface area contributed by atoms with E-state index >= 15 is 0 Å². The van der Waals surface area contributed by atoms with E-state index in [-0.39, 0.29) is 17.8 Å². The van der Waals surface area contributed by atoms with Gasteiger partial charge in [-0.25, -0.2) is 8.78 Å². The SMILES string of the molecule is Cc1cc(-c2ccc(C#N)c(F)c2)c(-c2cc(C=NCC3(O)CC3)c(N)cc2F)s1. The first-order valence-electron chi connectivity index (χ1n) is 9.42. The molecule has 0 bridgehead atoms. The molecule has 30 heavy (non-hydrogen) atoms. The number of nitrogen functional groups attached to an aromatic ring is 1. The van der Waals surface area contributed by atoms with Crippen molar-refractivity contribution in [3.63, 3.8) is 0 Å². The number of nitrogens with two attached hydrogens (primary N) is 1. The summed E-state index contributed by atoms with van der Waals surface area (Å²) < 4.78 is 29.0. The van der Waals surface area contributed by atoms with Crippen LogP contribution in [0.5, 0.6) is 0 Å². The number of thiophene rings is 1. The Morgan fingerprint density at radius 1 is 1.20 bits per heavy atom. The molecule has 1 aliphatic carbocycles. The summed E-state index contributed by atoms with van der Waals surface area (Å²) in [5.41, 5.74) is 7.60. The Kier molecular flexibility index (Phi) is 5.14. The topological polar surface area (TPSA) is 82.4 Å². The smallest absolute Gasteiger partial charge is 0.141 e. The molecule has 7 heteroatoms. The normalized spacial score (nSPS) is 14.8. The Bertz CT molecular complexity index is 1210. The second-order valence-electron chi connectivity index (χ2n) is 7.56. The van der Waals surface area contributed by atoms with Gasteiger partial charge in [0.2, 0.25) is 0 Å². The van der Waals surface area contributed by atoms with Crippen LogP contribution in [0.2, 0.25) is 0 Å². The van der Waals surface area contributed by atoms with Crippen LogP contribution in [0.4, 0.5) is 14.5 Å². The van der Waals surface area contributed by atoms with Gasteiger partial charge in [-0.1, -0.05) is 6.07 Å². The summed E-state index contributed by atoms with van der Waals surface area (Å²) in [5, 5.41) is 18.9. The van der Waals surface area contributed by atoms with Gasteiger partial charge in [-0.15, -0.1) is 11.3 Å². The Morgan fingerprint density at radius 3 is 2.63 bits per heavy atom. The average molecular weight is 423 g/mol. The maximum absolute atomic E-state index is 14.9. The molecule has 2 aromatic carbocycles. The summed E-state index contributed by atoms with van der Waals surface area (Å²) in [6.45, 7) is 2.18. The second-order valence-corrected chi connectivity index (χ2v) is 8.82. The lowest BCUT2D eigenvalue weighted by molar-refractivity contribution is 0.160. The first kappa shape index (κ1) is 20.2. The highest BCUT2D eigenvalue weighted by molar-refractivity contribution is 7.16. The monoisotopic (exact) mass is 423 g/mol. The summed E-state index contributed by atoms with van der Waals surface area (Å²) in [6, 6.07) is 10.9. The van der Waals surface area contributed by atoms with Crippen LogP contribution in [0, 0.1) is 29.9 Å². The number of nitriles is 1. The first-order chi connectivity index (χ1) is 14.3. The zero-order valence-electron chi connectivity index (χ0n) is 16.2. The number of benzene rings is 2. The highest BCUT2D eigenvalue weighted by Gasteiger charge is 2.39. The number of aryl methyl sites for hydroxylation is 1. The minimum atomic E-state index is -0.716. The molecule has 3 aromatic rings. The molecule has 1 saturated carbocycles. The highest BCUT2D eigenvalue weighted by Crippen LogP contribution is 2.41. The predicted molar refractivity (Wildman–Crippen MR) is 116 cm³/mol. The summed E-state index contributed by atoms with van der Waals surface area (Å²) in [4.78, 5) is 5.84. The molecule has 0 amide bonds. The fraction of sp³-hybridized carbons (Fsp3) is 0.217. The molecule has 0 radical (unpaired) electrons. The number of nitrogens with zero attached hydrogens (tertiary/aromatic N) is 2. The first-order valence-corrected chi connectivity index (χ1v) is 10.2. The van der Waals surface area contributed by atoms with Gasteiger partial charge in [0.1, 0.15) is 17.7 Å². The van der Waals surface area contributed by atoms with E-state index in [2.05, 4.69) is 4.99 Å². The molecule has 3 N–H and O–H groups in total. The standard InChI is InChI=1S/C23H19F2N3OS/c1-13-6-17(14-2-3-15(10-26)19(24)8-14)22(30-13)18-7-16(21(27)9-20(18)25)11-28-12-23(29)4-5-23/h2-3,6-9,11,29H,4-5,12,27H2,1H3. The predicted octanol–water partition coefficient (Wildman–Crippen LogP) is 5.07. The lowest BCUT2D eigenvalue weighted by Crippen LogP contribution is -2.11. The fourth-order valence-electron chi connectivity index (χ4n) is 3.21. The van der Waals surface area contributed by atoms with Crippen molar-refractivity contribution in [1.82, 2.24) is 0 Å². The molecular weight excluding hydrogens is 404 g/mol. The minimum absolute atomic E-state index is 0.0401. The van der Waals surface area contributed by atoms with E-state index in [4.69, 9.17) is 11.0 Å². The van der Waals surface area contributed by atoms with Crippen LogP contribution in [-0.4, -0.2) is 23.5 Å². The fourth-order valence-corrected chi connectivity index (χ4v) is 4.26. The molecular formula is C23H19F2N3OS. The Hall–Kier alpha value is -3.08.